The van der Waals surface area contributed by atoms with E-state index in [-0.39, 0.29) is 19.1 Å². The molecule has 0 heterocycles. The zero-order valence-electron chi connectivity index (χ0n) is 49.2. The number of allylic oxidation sites excluding steroid dienone is 1. The smallest absolute Gasteiger partial charge is 0.387 e. The summed E-state index contributed by atoms with van der Waals surface area (Å²) in [7, 11) is 1.59. The van der Waals surface area contributed by atoms with E-state index >= 15 is 0 Å². The van der Waals surface area contributed by atoms with Crippen LogP contribution in [-0.2, 0) is 18.4 Å². The van der Waals surface area contributed by atoms with Gasteiger partial charge in [0.1, 0.15) is 13.2 Å². The lowest BCUT2D eigenvalue weighted by Gasteiger charge is -2.25. The summed E-state index contributed by atoms with van der Waals surface area (Å²) in [6.07, 6.45) is 69.1. The molecule has 0 aliphatic carbocycles. The number of nitrogens with zero attached hydrogens (tertiary/aromatic N) is 1. The molecule has 0 rings (SSSR count). The van der Waals surface area contributed by atoms with Gasteiger partial charge in [0.05, 0.1) is 39.9 Å². The van der Waals surface area contributed by atoms with Crippen LogP contribution in [-0.4, -0.2) is 73.4 Å². The summed E-state index contributed by atoms with van der Waals surface area (Å²) in [5.74, 6) is -0.168. The maximum absolute atomic E-state index is 13.0. The molecule has 1 amide bonds. The first-order chi connectivity index (χ1) is 35.0. The summed E-state index contributed by atoms with van der Waals surface area (Å²) >= 11 is 0. The molecule has 0 saturated heterocycles. The van der Waals surface area contributed by atoms with Crippen molar-refractivity contribution < 1.29 is 32.9 Å². The van der Waals surface area contributed by atoms with Crippen LogP contribution in [0.3, 0.4) is 0 Å². The van der Waals surface area contributed by atoms with Crippen LogP contribution in [0.4, 0.5) is 0 Å². The maximum atomic E-state index is 13.0. The van der Waals surface area contributed by atoms with Crippen molar-refractivity contribution in [2.75, 3.05) is 40.9 Å². The molecule has 0 aromatic carbocycles. The second-order valence-corrected chi connectivity index (χ2v) is 25.0. The van der Waals surface area contributed by atoms with Crippen LogP contribution in [0.2, 0.25) is 0 Å². The van der Waals surface area contributed by atoms with Gasteiger partial charge in [0.15, 0.2) is 0 Å². The van der Waals surface area contributed by atoms with Gasteiger partial charge in [-0.3, -0.25) is 13.8 Å². The van der Waals surface area contributed by atoms with E-state index in [0.717, 1.165) is 32.1 Å². The fourth-order valence-electron chi connectivity index (χ4n) is 9.99. The molecule has 0 aromatic rings. The number of carbonyl (C=O) groups is 1. The molecule has 3 atom stereocenters. The lowest BCUT2D eigenvalue weighted by molar-refractivity contribution is -0.870. The number of aliphatic hydroxyl groups is 1. The Morgan fingerprint density at radius 1 is 0.458 bits per heavy atom. The molecule has 430 valence electrons. The standard InChI is InChI=1S/C63H127N2O6P/c1-6-8-10-12-14-16-18-20-22-24-26-28-29-30-31-32-33-34-35-37-39-41-43-45-47-49-51-53-55-57-63(67)64-61(60-71-72(68,69)70-59-58-65(3,4)5)62(66)56-54-52-50-48-46-44-42-40-38-36-27-25-23-21-19-17-15-13-11-9-7-2/h54,56,61-62,66H,6-53,55,57-60H2,1-5H3,(H-,64,67,68,69)/p+1/b56-54+. The number of amides is 1. The summed E-state index contributed by atoms with van der Waals surface area (Å²) < 4.78 is 23.8. The van der Waals surface area contributed by atoms with Crippen LogP contribution in [0.15, 0.2) is 12.2 Å². The van der Waals surface area contributed by atoms with Gasteiger partial charge >= 0.3 is 7.82 Å². The first kappa shape index (κ1) is 71.2. The molecule has 0 aliphatic heterocycles. The summed E-state index contributed by atoms with van der Waals surface area (Å²) in [5.41, 5.74) is 0. The van der Waals surface area contributed by atoms with Crippen molar-refractivity contribution in [2.24, 2.45) is 0 Å². The number of aliphatic hydroxyl groups excluding tert-OH is 1. The molecule has 0 saturated carbocycles. The van der Waals surface area contributed by atoms with E-state index in [1.807, 2.05) is 27.2 Å². The molecule has 3 N–H and O–H groups in total. The number of phosphoric ester groups is 1. The van der Waals surface area contributed by atoms with Crippen molar-refractivity contribution in [1.82, 2.24) is 5.32 Å². The second-order valence-electron chi connectivity index (χ2n) is 23.5. The van der Waals surface area contributed by atoms with E-state index < -0.39 is 20.0 Å². The van der Waals surface area contributed by atoms with Gasteiger partial charge in [-0.1, -0.05) is 321 Å². The van der Waals surface area contributed by atoms with Gasteiger partial charge in [-0.2, -0.15) is 0 Å². The Morgan fingerprint density at radius 2 is 0.736 bits per heavy atom. The van der Waals surface area contributed by atoms with Gasteiger partial charge in [-0.25, -0.2) is 4.57 Å². The summed E-state index contributed by atoms with van der Waals surface area (Å²) in [4.78, 5) is 23.4. The molecule has 0 fully saturated rings. The molecule has 3 unspecified atom stereocenters. The molecule has 0 spiro atoms. The predicted molar refractivity (Wildman–Crippen MR) is 314 cm³/mol. The SMILES string of the molecule is CCCCCCCCCCCCCCCCCCCCC/C=C/C(O)C(COP(=O)(O)OCC[N+](C)(C)C)NC(=O)CCCCCCCCCCCCCCCCCCCCCCCCCCCCCCC. The fourth-order valence-corrected chi connectivity index (χ4v) is 10.7. The van der Waals surface area contributed by atoms with Crippen LogP contribution in [0.25, 0.3) is 0 Å². The van der Waals surface area contributed by atoms with Gasteiger partial charge in [0, 0.05) is 6.42 Å². The third kappa shape index (κ3) is 57.0. The molecule has 72 heavy (non-hydrogen) atoms. The van der Waals surface area contributed by atoms with E-state index in [1.54, 1.807) is 6.08 Å². The van der Waals surface area contributed by atoms with Crippen molar-refractivity contribution >= 4 is 13.7 Å². The Hall–Kier alpha value is -0.760. The van der Waals surface area contributed by atoms with Gasteiger partial charge < -0.3 is 19.8 Å². The normalized spacial score (nSPS) is 13.8. The van der Waals surface area contributed by atoms with E-state index in [4.69, 9.17) is 9.05 Å². The molecular weight excluding hydrogens is 912 g/mol. The van der Waals surface area contributed by atoms with Crippen LogP contribution in [0.5, 0.6) is 0 Å². The molecule has 0 bridgehead atoms. The van der Waals surface area contributed by atoms with Gasteiger partial charge in [0.25, 0.3) is 0 Å². The van der Waals surface area contributed by atoms with Gasteiger partial charge in [0.2, 0.25) is 5.91 Å². The van der Waals surface area contributed by atoms with Crippen molar-refractivity contribution in [1.29, 1.82) is 0 Å². The maximum Gasteiger partial charge on any atom is 0.472 e. The van der Waals surface area contributed by atoms with Crippen molar-refractivity contribution in [3.05, 3.63) is 12.2 Å². The summed E-state index contributed by atoms with van der Waals surface area (Å²) in [6, 6.07) is -0.843. The van der Waals surface area contributed by atoms with E-state index in [1.165, 1.54) is 283 Å². The molecule has 0 aromatic heterocycles. The summed E-state index contributed by atoms with van der Waals surface area (Å²) in [6.45, 7) is 4.88. The van der Waals surface area contributed by atoms with Gasteiger partial charge in [-0.15, -0.1) is 0 Å². The Labute approximate surface area is 450 Å². The quantitative estimate of drug-likeness (QED) is 0.0243. The number of hydrogen-bond acceptors (Lipinski definition) is 5. The average Bonchev–Trinajstić information content (AvgIpc) is 3.34. The lowest BCUT2D eigenvalue weighted by atomic mass is 10.0. The van der Waals surface area contributed by atoms with Crippen LogP contribution < -0.4 is 5.32 Å². The predicted octanol–water partition coefficient (Wildman–Crippen LogP) is 19.8. The zero-order valence-corrected chi connectivity index (χ0v) is 50.1. The number of phosphoric acid groups is 1. The average molecular weight is 1040 g/mol. The second kappa shape index (κ2) is 55.0. The number of unbranched alkanes of at least 4 members (excludes halogenated alkanes) is 47. The molecule has 0 aliphatic rings. The third-order valence-electron chi connectivity index (χ3n) is 15.0. The number of likely N-dealkylation sites (N-methyl/N-ethyl adjacent to an activating group) is 1. The van der Waals surface area contributed by atoms with E-state index in [0.29, 0.717) is 17.4 Å². The third-order valence-corrected chi connectivity index (χ3v) is 16.0. The highest BCUT2D eigenvalue weighted by Crippen LogP contribution is 2.43. The van der Waals surface area contributed by atoms with Crippen LogP contribution in [0, 0.1) is 0 Å². The highest BCUT2D eigenvalue weighted by molar-refractivity contribution is 7.47. The van der Waals surface area contributed by atoms with Crippen molar-refractivity contribution in [3.8, 4) is 0 Å². The number of quaternary nitrogens is 1. The molecule has 0 radical (unpaired) electrons. The molecule has 9 heteroatoms. The monoisotopic (exact) mass is 1040 g/mol. The lowest BCUT2D eigenvalue weighted by Crippen LogP contribution is -2.45. The Kier molecular flexibility index (Phi) is 54.4. The van der Waals surface area contributed by atoms with E-state index in [2.05, 4.69) is 19.2 Å². The number of carbonyl (C=O) groups excluding carboxylic acids is 1. The minimum absolute atomic E-state index is 0.0653. The number of nitrogens with one attached hydrogen (secondary N) is 1. The zero-order chi connectivity index (χ0) is 52.7. The van der Waals surface area contributed by atoms with Crippen molar-refractivity contribution in [2.45, 2.75) is 347 Å². The van der Waals surface area contributed by atoms with Gasteiger partial charge in [-0.05, 0) is 19.3 Å². The fraction of sp³-hybridized carbons (Fsp3) is 0.952. The minimum atomic E-state index is -4.35. The van der Waals surface area contributed by atoms with Crippen LogP contribution >= 0.6 is 7.82 Å². The Balaban J connectivity index is 4.07. The highest BCUT2D eigenvalue weighted by atomic mass is 31.2. The largest absolute Gasteiger partial charge is 0.472 e. The van der Waals surface area contributed by atoms with Crippen molar-refractivity contribution in [3.63, 3.8) is 0 Å². The minimum Gasteiger partial charge on any atom is -0.387 e. The van der Waals surface area contributed by atoms with Crippen LogP contribution in [0.1, 0.15) is 335 Å². The topological polar surface area (TPSA) is 105 Å². The highest BCUT2D eigenvalue weighted by Gasteiger charge is 2.28. The molecular formula is C63H128N2O6P+. The number of hydrogen-bond donors (Lipinski definition) is 3. The van der Waals surface area contributed by atoms with E-state index in [9.17, 15) is 19.4 Å². The first-order valence-electron chi connectivity index (χ1n) is 32.1. The Bertz CT molecular complexity index is 1180. The summed E-state index contributed by atoms with van der Waals surface area (Å²) in [5, 5.41) is 14.0. The molecule has 8 nitrogen and oxygen atoms in total. The Morgan fingerprint density at radius 3 is 1.03 bits per heavy atom. The number of rotatable bonds is 60. The first-order valence-corrected chi connectivity index (χ1v) is 33.6.